The van der Waals surface area contributed by atoms with E-state index in [0.717, 1.165) is 12.8 Å². The van der Waals surface area contributed by atoms with Gasteiger partial charge >= 0.3 is 0 Å². The summed E-state index contributed by atoms with van der Waals surface area (Å²) in [5.74, 6) is -0.280. The minimum atomic E-state index is -0.248. The van der Waals surface area contributed by atoms with Gasteiger partial charge in [0.15, 0.2) is 0 Å². The summed E-state index contributed by atoms with van der Waals surface area (Å²) < 4.78 is 0. The van der Waals surface area contributed by atoms with Crippen molar-refractivity contribution in [2.45, 2.75) is 57.9 Å². The highest BCUT2D eigenvalue weighted by Gasteiger charge is 2.37. The largest absolute Gasteiger partial charge is 0.339 e. The van der Waals surface area contributed by atoms with Gasteiger partial charge in [-0.3, -0.25) is 14.4 Å². The molecule has 2 amide bonds. The molecule has 0 aromatic heterocycles. The molecule has 0 aromatic rings. The second-order valence-corrected chi connectivity index (χ2v) is 5.49. The third-order valence-corrected chi connectivity index (χ3v) is 4.11. The SMILES string of the molecule is CCONC(=O)[C@H]1CC(=O)N(C2CCCCCC2)C1. The number of likely N-dealkylation sites (tertiary alicyclic amines) is 1. The Morgan fingerprint density at radius 3 is 2.63 bits per heavy atom. The van der Waals surface area contributed by atoms with E-state index in [-0.39, 0.29) is 17.7 Å². The molecule has 0 radical (unpaired) electrons. The van der Waals surface area contributed by atoms with E-state index in [1.165, 1.54) is 25.7 Å². The quantitative estimate of drug-likeness (QED) is 0.622. The summed E-state index contributed by atoms with van der Waals surface area (Å²) in [7, 11) is 0. The first-order valence-electron chi connectivity index (χ1n) is 7.43. The van der Waals surface area contributed by atoms with Gasteiger partial charge < -0.3 is 4.90 Å². The molecular weight excluding hydrogens is 244 g/mol. The first-order valence-corrected chi connectivity index (χ1v) is 7.43. The highest BCUT2D eigenvalue weighted by molar-refractivity contribution is 5.88. The summed E-state index contributed by atoms with van der Waals surface area (Å²) in [4.78, 5) is 30.8. The van der Waals surface area contributed by atoms with Crippen molar-refractivity contribution in [1.29, 1.82) is 0 Å². The van der Waals surface area contributed by atoms with Crippen molar-refractivity contribution in [3.63, 3.8) is 0 Å². The Morgan fingerprint density at radius 1 is 1.32 bits per heavy atom. The number of nitrogens with one attached hydrogen (secondary N) is 1. The standard InChI is InChI=1S/C14H24N2O3/c1-2-19-15-14(18)11-9-13(17)16(10-11)12-7-5-3-4-6-8-12/h11-12H,2-10H2,1H3,(H,15,18)/t11-/m0/s1. The molecule has 1 aliphatic heterocycles. The van der Waals surface area contributed by atoms with E-state index >= 15 is 0 Å². The first kappa shape index (κ1) is 14.3. The molecule has 1 heterocycles. The van der Waals surface area contributed by atoms with E-state index in [4.69, 9.17) is 4.84 Å². The number of carbonyl (C=O) groups excluding carboxylic acids is 2. The van der Waals surface area contributed by atoms with Crippen LogP contribution in [0.25, 0.3) is 0 Å². The highest BCUT2D eigenvalue weighted by atomic mass is 16.6. The van der Waals surface area contributed by atoms with Gasteiger partial charge in [0, 0.05) is 19.0 Å². The summed E-state index contributed by atoms with van der Waals surface area (Å²) in [6.07, 6.45) is 7.45. The summed E-state index contributed by atoms with van der Waals surface area (Å²) in [5.41, 5.74) is 2.41. The average molecular weight is 268 g/mol. The molecule has 1 aliphatic carbocycles. The van der Waals surface area contributed by atoms with Crippen molar-refractivity contribution >= 4 is 11.8 Å². The maximum atomic E-state index is 12.1. The molecule has 5 nitrogen and oxygen atoms in total. The van der Waals surface area contributed by atoms with E-state index in [9.17, 15) is 9.59 Å². The number of carbonyl (C=O) groups is 2. The lowest BCUT2D eigenvalue weighted by molar-refractivity contribution is -0.137. The Balaban J connectivity index is 1.89. The summed E-state index contributed by atoms with van der Waals surface area (Å²) in [6.45, 7) is 2.82. The van der Waals surface area contributed by atoms with Crippen LogP contribution in [-0.4, -0.2) is 35.9 Å². The van der Waals surface area contributed by atoms with Gasteiger partial charge in [0.2, 0.25) is 11.8 Å². The van der Waals surface area contributed by atoms with Crippen molar-refractivity contribution in [2.75, 3.05) is 13.2 Å². The molecule has 1 atom stereocenters. The Morgan fingerprint density at radius 2 is 2.00 bits per heavy atom. The maximum Gasteiger partial charge on any atom is 0.248 e. The molecule has 0 aromatic carbocycles. The van der Waals surface area contributed by atoms with E-state index in [1.54, 1.807) is 0 Å². The lowest BCUT2D eigenvalue weighted by Crippen LogP contribution is -2.38. The Hall–Kier alpha value is -1.10. The smallest absolute Gasteiger partial charge is 0.248 e. The topological polar surface area (TPSA) is 58.6 Å². The van der Waals surface area contributed by atoms with E-state index < -0.39 is 0 Å². The zero-order chi connectivity index (χ0) is 13.7. The normalized spacial score (nSPS) is 25.4. The van der Waals surface area contributed by atoms with Crippen LogP contribution >= 0.6 is 0 Å². The van der Waals surface area contributed by atoms with E-state index in [1.807, 2.05) is 11.8 Å². The van der Waals surface area contributed by atoms with Gasteiger partial charge in [0.1, 0.15) is 0 Å². The number of rotatable bonds is 4. The second kappa shape index (κ2) is 6.89. The fourth-order valence-corrected chi connectivity index (χ4v) is 3.06. The van der Waals surface area contributed by atoms with Crippen molar-refractivity contribution in [3.8, 4) is 0 Å². The maximum absolute atomic E-state index is 12.1. The minimum absolute atomic E-state index is 0.128. The third kappa shape index (κ3) is 3.69. The lowest BCUT2D eigenvalue weighted by Gasteiger charge is -2.27. The molecule has 1 saturated heterocycles. The van der Waals surface area contributed by atoms with Crippen molar-refractivity contribution in [2.24, 2.45) is 5.92 Å². The third-order valence-electron chi connectivity index (χ3n) is 4.11. The van der Waals surface area contributed by atoms with Crippen LogP contribution in [0.3, 0.4) is 0 Å². The lowest BCUT2D eigenvalue weighted by atomic mass is 10.1. The molecule has 2 rings (SSSR count). The minimum Gasteiger partial charge on any atom is -0.339 e. The molecule has 2 fully saturated rings. The predicted molar refractivity (Wildman–Crippen MR) is 71.1 cm³/mol. The van der Waals surface area contributed by atoms with Gasteiger partial charge in [-0.2, -0.15) is 0 Å². The van der Waals surface area contributed by atoms with Crippen molar-refractivity contribution in [1.82, 2.24) is 10.4 Å². The molecule has 0 unspecified atom stereocenters. The molecular formula is C14H24N2O3. The number of hydroxylamine groups is 1. The van der Waals surface area contributed by atoms with Gasteiger partial charge in [-0.15, -0.1) is 0 Å². The highest BCUT2D eigenvalue weighted by Crippen LogP contribution is 2.28. The Kier molecular flexibility index (Phi) is 5.19. The van der Waals surface area contributed by atoms with Crippen LogP contribution < -0.4 is 5.48 Å². The van der Waals surface area contributed by atoms with Crippen LogP contribution in [-0.2, 0) is 14.4 Å². The van der Waals surface area contributed by atoms with E-state index in [2.05, 4.69) is 5.48 Å². The zero-order valence-corrected chi connectivity index (χ0v) is 11.7. The molecule has 19 heavy (non-hydrogen) atoms. The van der Waals surface area contributed by atoms with Crippen LogP contribution in [0.1, 0.15) is 51.9 Å². The van der Waals surface area contributed by atoms with Gasteiger partial charge in [0.25, 0.3) is 0 Å². The molecule has 2 aliphatic rings. The molecule has 0 bridgehead atoms. The van der Waals surface area contributed by atoms with Crippen LogP contribution in [0.2, 0.25) is 0 Å². The summed E-state index contributed by atoms with van der Waals surface area (Å²) in [5, 5.41) is 0. The average Bonchev–Trinajstić information content (AvgIpc) is 2.64. The van der Waals surface area contributed by atoms with E-state index in [0.29, 0.717) is 25.6 Å². The summed E-state index contributed by atoms with van der Waals surface area (Å²) in [6, 6.07) is 0.347. The van der Waals surface area contributed by atoms with Crippen LogP contribution in [0.5, 0.6) is 0 Å². The number of amides is 2. The Labute approximate surface area is 114 Å². The molecule has 0 spiro atoms. The van der Waals surface area contributed by atoms with Crippen LogP contribution in [0.4, 0.5) is 0 Å². The number of hydrogen-bond donors (Lipinski definition) is 1. The van der Waals surface area contributed by atoms with Gasteiger partial charge in [-0.25, -0.2) is 5.48 Å². The molecule has 108 valence electrons. The predicted octanol–water partition coefficient (Wildman–Crippen LogP) is 1.63. The number of nitrogens with zero attached hydrogens (tertiary/aromatic N) is 1. The van der Waals surface area contributed by atoms with Crippen LogP contribution in [0.15, 0.2) is 0 Å². The molecule has 5 heteroatoms. The molecule has 1 saturated carbocycles. The number of hydrogen-bond acceptors (Lipinski definition) is 3. The fourth-order valence-electron chi connectivity index (χ4n) is 3.06. The van der Waals surface area contributed by atoms with Gasteiger partial charge in [0.05, 0.1) is 12.5 Å². The monoisotopic (exact) mass is 268 g/mol. The zero-order valence-electron chi connectivity index (χ0n) is 11.7. The van der Waals surface area contributed by atoms with Crippen molar-refractivity contribution in [3.05, 3.63) is 0 Å². The molecule has 1 N–H and O–H groups in total. The van der Waals surface area contributed by atoms with Gasteiger partial charge in [-0.05, 0) is 19.8 Å². The second-order valence-electron chi connectivity index (χ2n) is 5.49. The van der Waals surface area contributed by atoms with Crippen LogP contribution in [0, 0.1) is 5.92 Å². The summed E-state index contributed by atoms with van der Waals surface area (Å²) >= 11 is 0. The fraction of sp³-hybridized carbons (Fsp3) is 0.857. The van der Waals surface area contributed by atoms with Gasteiger partial charge in [-0.1, -0.05) is 25.7 Å². The first-order chi connectivity index (χ1) is 9.22. The Bertz CT molecular complexity index is 325. The van der Waals surface area contributed by atoms with Crippen molar-refractivity contribution < 1.29 is 14.4 Å².